The smallest absolute Gasteiger partial charge is 0.306 e. The van der Waals surface area contributed by atoms with Crippen molar-refractivity contribution in [3.05, 3.63) is 30.1 Å². The van der Waals surface area contributed by atoms with Gasteiger partial charge in [-0.1, -0.05) is 0 Å². The zero-order valence-electron chi connectivity index (χ0n) is 12.5. The molecule has 1 heterocycles. The molecule has 1 aliphatic rings. The molecule has 6 nitrogen and oxygen atoms in total. The Morgan fingerprint density at radius 1 is 1.27 bits per heavy atom. The highest BCUT2D eigenvalue weighted by Gasteiger charge is 2.26. The Balaban J connectivity index is 1.65. The Kier molecular flexibility index (Phi) is 3.83. The van der Waals surface area contributed by atoms with Gasteiger partial charge in [0.2, 0.25) is 0 Å². The van der Waals surface area contributed by atoms with E-state index in [1.165, 1.54) is 0 Å². The van der Waals surface area contributed by atoms with E-state index in [1.54, 1.807) is 18.5 Å². The number of nitrogens with zero attached hydrogens (tertiary/aromatic N) is 2. The van der Waals surface area contributed by atoms with Crippen LogP contribution in [0.3, 0.4) is 0 Å². The highest BCUT2D eigenvalue weighted by atomic mass is 16.4. The van der Waals surface area contributed by atoms with E-state index < -0.39 is 5.97 Å². The van der Waals surface area contributed by atoms with E-state index in [4.69, 9.17) is 5.11 Å². The number of aromatic nitrogens is 2. The number of carboxylic acids is 1. The molecular formula is C16H19N3O3. The lowest BCUT2D eigenvalue weighted by Gasteiger charge is -2.26. The first-order chi connectivity index (χ1) is 10.5. The largest absolute Gasteiger partial charge is 0.481 e. The van der Waals surface area contributed by atoms with Crippen LogP contribution in [-0.2, 0) is 11.8 Å². The summed E-state index contributed by atoms with van der Waals surface area (Å²) in [6.45, 7) is 0. The summed E-state index contributed by atoms with van der Waals surface area (Å²) in [6.07, 6.45) is 4.40. The number of carbonyl (C=O) groups excluding carboxylic acids is 1. The SMILES string of the molecule is Cn1cnc2cc(C(=O)NC3CCC(C(=O)O)CC3)ccc21. The lowest BCUT2D eigenvalue weighted by molar-refractivity contribution is -0.142. The van der Waals surface area contributed by atoms with Gasteiger partial charge in [-0.3, -0.25) is 9.59 Å². The van der Waals surface area contributed by atoms with Crippen LogP contribution in [0.5, 0.6) is 0 Å². The van der Waals surface area contributed by atoms with Gasteiger partial charge in [0.15, 0.2) is 0 Å². The van der Waals surface area contributed by atoms with E-state index in [1.807, 2.05) is 17.7 Å². The minimum Gasteiger partial charge on any atom is -0.481 e. The number of benzene rings is 1. The van der Waals surface area contributed by atoms with Gasteiger partial charge in [-0.15, -0.1) is 0 Å². The molecule has 1 aromatic carbocycles. The number of imidazole rings is 1. The van der Waals surface area contributed by atoms with Crippen LogP contribution >= 0.6 is 0 Å². The van der Waals surface area contributed by atoms with Gasteiger partial charge in [0.25, 0.3) is 5.91 Å². The van der Waals surface area contributed by atoms with Gasteiger partial charge in [0.05, 0.1) is 23.3 Å². The number of rotatable bonds is 3. The summed E-state index contributed by atoms with van der Waals surface area (Å²) in [6, 6.07) is 5.52. The molecule has 1 aromatic heterocycles. The predicted octanol–water partition coefficient (Wildman–Crippen LogP) is 1.95. The fourth-order valence-corrected chi connectivity index (χ4v) is 3.03. The van der Waals surface area contributed by atoms with Gasteiger partial charge in [0, 0.05) is 18.7 Å². The molecule has 6 heteroatoms. The van der Waals surface area contributed by atoms with Gasteiger partial charge in [-0.2, -0.15) is 0 Å². The van der Waals surface area contributed by atoms with Crippen LogP contribution in [0, 0.1) is 5.92 Å². The number of carboxylic acid groups (broad SMARTS) is 1. The normalized spacial score (nSPS) is 21.7. The Morgan fingerprint density at radius 3 is 2.68 bits per heavy atom. The number of nitrogens with one attached hydrogen (secondary N) is 1. The van der Waals surface area contributed by atoms with Crippen molar-refractivity contribution in [1.82, 2.24) is 14.9 Å². The highest BCUT2D eigenvalue weighted by Crippen LogP contribution is 2.24. The molecule has 0 saturated heterocycles. The summed E-state index contributed by atoms with van der Waals surface area (Å²) in [5.41, 5.74) is 2.37. The monoisotopic (exact) mass is 301 g/mol. The Labute approximate surface area is 128 Å². The second kappa shape index (κ2) is 5.79. The molecule has 0 atom stereocenters. The van der Waals surface area contributed by atoms with Crippen LogP contribution in [-0.4, -0.2) is 32.6 Å². The number of carbonyl (C=O) groups is 2. The Morgan fingerprint density at radius 2 is 2.00 bits per heavy atom. The third-order valence-corrected chi connectivity index (χ3v) is 4.40. The first-order valence-corrected chi connectivity index (χ1v) is 7.49. The van der Waals surface area contributed by atoms with Crippen molar-refractivity contribution in [2.45, 2.75) is 31.7 Å². The van der Waals surface area contributed by atoms with Gasteiger partial charge in [-0.25, -0.2) is 4.98 Å². The van der Waals surface area contributed by atoms with Crippen LogP contribution in [0.25, 0.3) is 11.0 Å². The summed E-state index contributed by atoms with van der Waals surface area (Å²) >= 11 is 0. The third kappa shape index (κ3) is 2.81. The van der Waals surface area contributed by atoms with Crippen molar-refractivity contribution in [1.29, 1.82) is 0 Å². The van der Waals surface area contributed by atoms with E-state index in [0.29, 0.717) is 31.2 Å². The first kappa shape index (κ1) is 14.6. The summed E-state index contributed by atoms with van der Waals surface area (Å²) in [7, 11) is 1.91. The van der Waals surface area contributed by atoms with E-state index in [9.17, 15) is 9.59 Å². The van der Waals surface area contributed by atoms with Crippen molar-refractivity contribution in [2.24, 2.45) is 13.0 Å². The third-order valence-electron chi connectivity index (χ3n) is 4.40. The number of fused-ring (bicyclic) bond motifs is 1. The van der Waals surface area contributed by atoms with Crippen LogP contribution in [0.15, 0.2) is 24.5 Å². The molecule has 0 spiro atoms. The predicted molar refractivity (Wildman–Crippen MR) is 81.6 cm³/mol. The quantitative estimate of drug-likeness (QED) is 0.907. The second-order valence-corrected chi connectivity index (χ2v) is 5.92. The summed E-state index contributed by atoms with van der Waals surface area (Å²) in [5, 5.41) is 12.0. The minimum absolute atomic E-state index is 0.0579. The fraction of sp³-hybridized carbons (Fsp3) is 0.438. The molecule has 3 rings (SSSR count). The van der Waals surface area contributed by atoms with Crippen LogP contribution < -0.4 is 5.32 Å². The van der Waals surface area contributed by atoms with E-state index in [2.05, 4.69) is 10.3 Å². The van der Waals surface area contributed by atoms with Crippen molar-refractivity contribution in [3.63, 3.8) is 0 Å². The standard InChI is InChI=1S/C16H19N3O3/c1-19-9-17-13-8-11(4-7-14(13)19)15(20)18-12-5-2-10(3-6-12)16(21)22/h4,7-10,12H,2-3,5-6H2,1H3,(H,18,20)(H,21,22). The number of aliphatic carboxylic acids is 1. The lowest BCUT2D eigenvalue weighted by atomic mass is 9.86. The highest BCUT2D eigenvalue weighted by molar-refractivity contribution is 5.97. The molecule has 1 aliphatic carbocycles. The summed E-state index contributed by atoms with van der Waals surface area (Å²) < 4.78 is 1.91. The summed E-state index contributed by atoms with van der Waals surface area (Å²) in [4.78, 5) is 27.5. The summed E-state index contributed by atoms with van der Waals surface area (Å²) in [5.74, 6) is -1.12. The molecule has 1 amide bonds. The van der Waals surface area contributed by atoms with Crippen LogP contribution in [0.2, 0.25) is 0 Å². The zero-order chi connectivity index (χ0) is 15.7. The van der Waals surface area contributed by atoms with Gasteiger partial charge in [0.1, 0.15) is 0 Å². The van der Waals surface area contributed by atoms with E-state index in [0.717, 1.165) is 11.0 Å². The number of hydrogen-bond donors (Lipinski definition) is 2. The molecular weight excluding hydrogens is 282 g/mol. The van der Waals surface area contributed by atoms with Gasteiger partial charge in [-0.05, 0) is 43.9 Å². The molecule has 22 heavy (non-hydrogen) atoms. The molecule has 1 saturated carbocycles. The van der Waals surface area contributed by atoms with Crippen LogP contribution in [0.4, 0.5) is 0 Å². The Hall–Kier alpha value is -2.37. The number of aryl methyl sites for hydroxylation is 1. The fourth-order valence-electron chi connectivity index (χ4n) is 3.03. The van der Waals surface area contributed by atoms with Crippen molar-refractivity contribution < 1.29 is 14.7 Å². The second-order valence-electron chi connectivity index (χ2n) is 5.92. The molecule has 2 N–H and O–H groups in total. The molecule has 0 radical (unpaired) electrons. The van der Waals surface area contributed by atoms with E-state index >= 15 is 0 Å². The number of amides is 1. The van der Waals surface area contributed by atoms with E-state index in [-0.39, 0.29) is 17.9 Å². The number of hydrogen-bond acceptors (Lipinski definition) is 3. The maximum absolute atomic E-state index is 12.3. The molecule has 116 valence electrons. The maximum Gasteiger partial charge on any atom is 0.306 e. The molecule has 0 unspecified atom stereocenters. The van der Waals surface area contributed by atoms with Crippen molar-refractivity contribution in [3.8, 4) is 0 Å². The van der Waals surface area contributed by atoms with Gasteiger partial charge < -0.3 is 15.0 Å². The maximum atomic E-state index is 12.3. The zero-order valence-corrected chi connectivity index (χ0v) is 12.5. The Bertz CT molecular complexity index is 714. The minimum atomic E-state index is -0.731. The first-order valence-electron chi connectivity index (χ1n) is 7.49. The lowest BCUT2D eigenvalue weighted by Crippen LogP contribution is -2.38. The average Bonchev–Trinajstić information content (AvgIpc) is 2.88. The average molecular weight is 301 g/mol. The topological polar surface area (TPSA) is 84.2 Å². The molecule has 0 bridgehead atoms. The van der Waals surface area contributed by atoms with Crippen LogP contribution in [0.1, 0.15) is 36.0 Å². The molecule has 0 aliphatic heterocycles. The molecule has 2 aromatic rings. The van der Waals surface area contributed by atoms with Crippen molar-refractivity contribution in [2.75, 3.05) is 0 Å². The van der Waals surface area contributed by atoms with Gasteiger partial charge >= 0.3 is 5.97 Å². The molecule has 1 fully saturated rings. The van der Waals surface area contributed by atoms with Crippen molar-refractivity contribution >= 4 is 22.9 Å².